The fraction of sp³-hybridized carbons (Fsp3) is 0.625. The Labute approximate surface area is 126 Å². The first-order valence-electron chi connectivity index (χ1n) is 7.96. The number of rotatable bonds is 5. The van der Waals surface area contributed by atoms with Gasteiger partial charge in [0.15, 0.2) is 0 Å². The maximum atomic E-state index is 12.5. The Kier molecular flexibility index (Phi) is 3.05. The van der Waals surface area contributed by atoms with Crippen LogP contribution in [0.4, 0.5) is 5.69 Å². The molecule has 2 aliphatic carbocycles. The molecule has 114 valence electrons. The zero-order chi connectivity index (χ0) is 14.5. The topological polar surface area (TPSA) is 58.2 Å². The summed E-state index contributed by atoms with van der Waals surface area (Å²) in [6.45, 7) is 1.54. The lowest BCUT2D eigenvalue weighted by Gasteiger charge is -2.19. The summed E-state index contributed by atoms with van der Waals surface area (Å²) in [7, 11) is -3.38. The lowest BCUT2D eigenvalue weighted by molar-refractivity contribution is 0.432. The number of hydrogen-bond acceptors (Lipinski definition) is 3. The van der Waals surface area contributed by atoms with Crippen LogP contribution >= 0.6 is 0 Å². The number of benzene rings is 1. The highest BCUT2D eigenvalue weighted by atomic mass is 32.2. The fourth-order valence-electron chi connectivity index (χ4n) is 3.51. The molecule has 3 aliphatic rings. The summed E-state index contributed by atoms with van der Waals surface area (Å²) in [6, 6.07) is 5.47. The molecule has 0 bridgehead atoms. The summed E-state index contributed by atoms with van der Waals surface area (Å²) in [5.41, 5.74) is 2.49. The van der Waals surface area contributed by atoms with Gasteiger partial charge < -0.3 is 5.32 Å². The highest BCUT2D eigenvalue weighted by Crippen LogP contribution is 2.60. The quantitative estimate of drug-likeness (QED) is 0.879. The van der Waals surface area contributed by atoms with Crippen LogP contribution in [0.2, 0.25) is 0 Å². The summed E-state index contributed by atoms with van der Waals surface area (Å²) in [6.07, 6.45) is 7.08. The lowest BCUT2D eigenvalue weighted by Crippen LogP contribution is -2.31. The Bertz CT molecular complexity index is 661. The zero-order valence-electron chi connectivity index (χ0n) is 12.2. The number of hydrogen-bond donors (Lipinski definition) is 2. The summed E-state index contributed by atoms with van der Waals surface area (Å²) in [4.78, 5) is 0.391. The molecule has 5 heteroatoms. The average molecular weight is 306 g/mol. The van der Waals surface area contributed by atoms with Gasteiger partial charge in [0.1, 0.15) is 0 Å². The third-order valence-electron chi connectivity index (χ3n) is 5.28. The first kappa shape index (κ1) is 13.6. The molecular formula is C16H22N2O2S. The van der Waals surface area contributed by atoms with E-state index in [4.69, 9.17) is 0 Å². The molecular weight excluding hydrogens is 284 g/mol. The predicted octanol–water partition coefficient (Wildman–Crippen LogP) is 2.51. The molecule has 1 aromatic rings. The monoisotopic (exact) mass is 306 g/mol. The van der Waals surface area contributed by atoms with E-state index >= 15 is 0 Å². The maximum Gasteiger partial charge on any atom is 0.240 e. The minimum absolute atomic E-state index is 0.291. The first-order valence-corrected chi connectivity index (χ1v) is 9.44. The van der Waals surface area contributed by atoms with Gasteiger partial charge in [0.25, 0.3) is 0 Å². The van der Waals surface area contributed by atoms with Gasteiger partial charge in [-0.1, -0.05) is 6.07 Å². The Balaban J connectivity index is 1.51. The van der Waals surface area contributed by atoms with E-state index in [1.54, 1.807) is 12.1 Å². The van der Waals surface area contributed by atoms with Crippen molar-refractivity contribution in [1.82, 2.24) is 4.72 Å². The number of anilines is 1. The van der Waals surface area contributed by atoms with Crippen molar-refractivity contribution in [3.8, 4) is 0 Å². The van der Waals surface area contributed by atoms with Crippen molar-refractivity contribution in [3.05, 3.63) is 23.8 Å². The van der Waals surface area contributed by atoms with Gasteiger partial charge in [-0.2, -0.15) is 0 Å². The van der Waals surface area contributed by atoms with Gasteiger partial charge in [0.2, 0.25) is 10.0 Å². The van der Waals surface area contributed by atoms with Crippen LogP contribution in [0.25, 0.3) is 0 Å². The molecule has 4 rings (SSSR count). The third-order valence-corrected chi connectivity index (χ3v) is 6.68. The SMILES string of the molecule is O=S(=O)(NCC1(C2CC2)CC1)c1ccc2c(c1)NCCC2. The standard InChI is InChI=1S/C16H22N2O2S/c19-21(20,18-11-16(7-8-16)13-4-5-13)14-6-3-12-2-1-9-17-15(12)10-14/h3,6,10,13,17-18H,1-2,4-5,7-9,11H2. The molecule has 0 atom stereocenters. The Hall–Kier alpha value is -1.07. The molecule has 0 spiro atoms. The summed E-state index contributed by atoms with van der Waals surface area (Å²) in [5.74, 6) is 0.769. The van der Waals surface area contributed by atoms with Gasteiger partial charge >= 0.3 is 0 Å². The van der Waals surface area contributed by atoms with Crippen LogP contribution in [0, 0.1) is 11.3 Å². The van der Waals surface area contributed by atoms with Gasteiger partial charge in [0.05, 0.1) is 4.90 Å². The molecule has 2 fully saturated rings. The first-order chi connectivity index (χ1) is 10.1. The van der Waals surface area contributed by atoms with E-state index in [0.717, 1.165) is 31.0 Å². The van der Waals surface area contributed by atoms with Crippen LogP contribution in [-0.2, 0) is 16.4 Å². The van der Waals surface area contributed by atoms with Crippen molar-refractivity contribution in [1.29, 1.82) is 0 Å². The summed E-state index contributed by atoms with van der Waals surface area (Å²) >= 11 is 0. The number of nitrogens with one attached hydrogen (secondary N) is 2. The second-order valence-electron chi connectivity index (χ2n) is 6.81. The summed E-state index contributed by atoms with van der Waals surface area (Å²) in [5, 5.41) is 3.30. The van der Waals surface area contributed by atoms with Crippen molar-refractivity contribution < 1.29 is 8.42 Å². The second-order valence-corrected chi connectivity index (χ2v) is 8.58. The van der Waals surface area contributed by atoms with Crippen LogP contribution in [0.5, 0.6) is 0 Å². The smallest absolute Gasteiger partial charge is 0.240 e. The molecule has 2 saturated carbocycles. The highest BCUT2D eigenvalue weighted by molar-refractivity contribution is 7.89. The van der Waals surface area contributed by atoms with Crippen molar-refractivity contribution >= 4 is 15.7 Å². The molecule has 0 aromatic heterocycles. The Morgan fingerprint density at radius 3 is 2.81 bits per heavy atom. The van der Waals surface area contributed by atoms with Crippen LogP contribution in [0.1, 0.15) is 37.7 Å². The second kappa shape index (κ2) is 4.71. The Morgan fingerprint density at radius 1 is 1.29 bits per heavy atom. The number of fused-ring (bicyclic) bond motifs is 1. The van der Waals surface area contributed by atoms with E-state index < -0.39 is 10.0 Å². The molecule has 21 heavy (non-hydrogen) atoms. The number of aryl methyl sites for hydroxylation is 1. The van der Waals surface area contributed by atoms with Crippen LogP contribution in [0.3, 0.4) is 0 Å². The normalized spacial score (nSPS) is 23.2. The minimum atomic E-state index is -3.38. The molecule has 0 radical (unpaired) electrons. The molecule has 1 heterocycles. The van der Waals surface area contributed by atoms with E-state index in [-0.39, 0.29) is 0 Å². The van der Waals surface area contributed by atoms with E-state index in [1.165, 1.54) is 31.2 Å². The zero-order valence-corrected chi connectivity index (χ0v) is 13.0. The molecule has 4 nitrogen and oxygen atoms in total. The van der Waals surface area contributed by atoms with Crippen molar-refractivity contribution in [3.63, 3.8) is 0 Å². The van der Waals surface area contributed by atoms with E-state index in [9.17, 15) is 8.42 Å². The van der Waals surface area contributed by atoms with Crippen molar-refractivity contribution in [2.75, 3.05) is 18.4 Å². The fourth-order valence-corrected chi connectivity index (χ4v) is 4.68. The third kappa shape index (κ3) is 2.57. The largest absolute Gasteiger partial charge is 0.385 e. The van der Waals surface area contributed by atoms with Gasteiger partial charge in [-0.3, -0.25) is 0 Å². The molecule has 0 amide bonds. The average Bonchev–Trinajstić information content (AvgIpc) is 3.38. The van der Waals surface area contributed by atoms with Gasteiger partial charge in [-0.15, -0.1) is 0 Å². The summed E-state index contributed by atoms with van der Waals surface area (Å²) < 4.78 is 27.8. The molecule has 1 aromatic carbocycles. The minimum Gasteiger partial charge on any atom is -0.385 e. The van der Waals surface area contributed by atoms with Crippen molar-refractivity contribution in [2.45, 2.75) is 43.4 Å². The Morgan fingerprint density at radius 2 is 2.10 bits per heavy atom. The molecule has 0 unspecified atom stereocenters. The molecule has 1 aliphatic heterocycles. The van der Waals surface area contributed by atoms with Crippen LogP contribution in [-0.4, -0.2) is 21.5 Å². The van der Waals surface area contributed by atoms with E-state index in [2.05, 4.69) is 10.0 Å². The van der Waals surface area contributed by atoms with Crippen LogP contribution in [0.15, 0.2) is 23.1 Å². The van der Waals surface area contributed by atoms with Gasteiger partial charge in [-0.05, 0) is 67.6 Å². The van der Waals surface area contributed by atoms with Crippen LogP contribution < -0.4 is 10.0 Å². The number of sulfonamides is 1. The maximum absolute atomic E-state index is 12.5. The molecule has 2 N–H and O–H groups in total. The van der Waals surface area contributed by atoms with E-state index in [0.29, 0.717) is 16.9 Å². The lowest BCUT2D eigenvalue weighted by atomic mass is 10.0. The van der Waals surface area contributed by atoms with Crippen molar-refractivity contribution in [2.24, 2.45) is 11.3 Å². The van der Waals surface area contributed by atoms with Gasteiger partial charge in [0, 0.05) is 18.8 Å². The predicted molar refractivity (Wildman–Crippen MR) is 82.8 cm³/mol. The highest BCUT2D eigenvalue weighted by Gasteiger charge is 2.53. The van der Waals surface area contributed by atoms with Gasteiger partial charge in [-0.25, -0.2) is 13.1 Å². The molecule has 0 saturated heterocycles. The van der Waals surface area contributed by atoms with E-state index in [1.807, 2.05) is 6.07 Å².